The molecule has 1 aromatic heterocycles. The molecular weight excluding hydrogens is 160 g/mol. The molecule has 0 saturated carbocycles. The Kier molecular flexibility index (Phi) is 2.83. The lowest BCUT2D eigenvalue weighted by molar-refractivity contribution is 0.915. The summed E-state index contributed by atoms with van der Waals surface area (Å²) >= 11 is 5.60. The lowest BCUT2D eigenvalue weighted by Gasteiger charge is -2.00. The van der Waals surface area contributed by atoms with E-state index in [9.17, 15) is 0 Å². The predicted molar refractivity (Wildman–Crippen MR) is 45.7 cm³/mol. The molecule has 1 aromatic rings. The largest absolute Gasteiger partial charge is 0.237 e. The summed E-state index contributed by atoms with van der Waals surface area (Å²) in [6, 6.07) is 1.98. The van der Waals surface area contributed by atoms with Crippen LogP contribution in [0.5, 0.6) is 0 Å². The first-order valence-electron chi connectivity index (χ1n) is 3.65. The highest BCUT2D eigenvalue weighted by Crippen LogP contribution is 2.03. The van der Waals surface area contributed by atoms with Crippen LogP contribution in [0.25, 0.3) is 0 Å². The van der Waals surface area contributed by atoms with Crippen LogP contribution in [0.2, 0.25) is 0 Å². The molecular formula is C8H11ClN2. The Labute approximate surface area is 71.6 Å². The van der Waals surface area contributed by atoms with Gasteiger partial charge < -0.3 is 0 Å². The average Bonchev–Trinajstić information content (AvgIpc) is 2.03. The van der Waals surface area contributed by atoms with Crippen LogP contribution < -0.4 is 0 Å². The molecule has 2 nitrogen and oxygen atoms in total. The number of halogens is 1. The summed E-state index contributed by atoms with van der Waals surface area (Å²) in [5.74, 6) is 1.12. The molecule has 0 atom stereocenters. The van der Waals surface area contributed by atoms with Crippen molar-refractivity contribution in [3.8, 4) is 0 Å². The summed E-state index contributed by atoms with van der Waals surface area (Å²) in [4.78, 5) is 8.38. The Balaban J connectivity index is 3.02. The quantitative estimate of drug-likeness (QED) is 0.636. The summed E-state index contributed by atoms with van der Waals surface area (Å²) in [6.45, 7) is 4.02. The van der Waals surface area contributed by atoms with Crippen molar-refractivity contribution < 1.29 is 0 Å². The Hall–Kier alpha value is -0.630. The van der Waals surface area contributed by atoms with Gasteiger partial charge in [0.05, 0.1) is 5.88 Å². The maximum absolute atomic E-state index is 5.60. The number of aryl methyl sites for hydroxylation is 2. The highest BCUT2D eigenvalue weighted by Gasteiger charge is 1.98. The van der Waals surface area contributed by atoms with E-state index in [4.69, 9.17) is 11.6 Å². The molecule has 0 aliphatic rings. The van der Waals surface area contributed by atoms with Crippen molar-refractivity contribution in [1.82, 2.24) is 9.97 Å². The lowest BCUT2D eigenvalue weighted by Crippen LogP contribution is -1.98. The van der Waals surface area contributed by atoms with Crippen molar-refractivity contribution in [2.75, 3.05) is 0 Å². The number of aromatic nitrogens is 2. The minimum absolute atomic E-state index is 0.397. The van der Waals surface area contributed by atoms with E-state index in [0.717, 1.165) is 23.6 Å². The third kappa shape index (κ3) is 2.15. The van der Waals surface area contributed by atoms with E-state index in [1.165, 1.54) is 0 Å². The summed E-state index contributed by atoms with van der Waals surface area (Å²) in [5.41, 5.74) is 2.06. The van der Waals surface area contributed by atoms with Crippen LogP contribution in [0.15, 0.2) is 6.07 Å². The van der Waals surface area contributed by atoms with E-state index in [-0.39, 0.29) is 0 Å². The van der Waals surface area contributed by atoms with Gasteiger partial charge in [0.1, 0.15) is 5.82 Å². The van der Waals surface area contributed by atoms with Gasteiger partial charge in [-0.3, -0.25) is 0 Å². The van der Waals surface area contributed by atoms with Crippen molar-refractivity contribution in [1.29, 1.82) is 0 Å². The van der Waals surface area contributed by atoms with Gasteiger partial charge in [-0.15, -0.1) is 11.6 Å². The highest BCUT2D eigenvalue weighted by atomic mass is 35.5. The van der Waals surface area contributed by atoms with Gasteiger partial charge in [0.15, 0.2) is 0 Å². The molecule has 0 aliphatic carbocycles. The Morgan fingerprint density at radius 1 is 1.45 bits per heavy atom. The topological polar surface area (TPSA) is 25.8 Å². The molecule has 0 amide bonds. The second kappa shape index (κ2) is 3.67. The Bertz CT molecular complexity index is 226. The van der Waals surface area contributed by atoms with Gasteiger partial charge in [-0.05, 0) is 19.4 Å². The van der Waals surface area contributed by atoms with Crippen LogP contribution in [0.3, 0.4) is 0 Å². The summed E-state index contributed by atoms with van der Waals surface area (Å²) < 4.78 is 0. The summed E-state index contributed by atoms with van der Waals surface area (Å²) in [5, 5.41) is 0. The van der Waals surface area contributed by atoms with Crippen LogP contribution in [0, 0.1) is 6.92 Å². The van der Waals surface area contributed by atoms with Crippen LogP contribution in [0.4, 0.5) is 0 Å². The first kappa shape index (κ1) is 8.47. The monoisotopic (exact) mass is 170 g/mol. The van der Waals surface area contributed by atoms with Crippen molar-refractivity contribution in [3.63, 3.8) is 0 Å². The number of hydrogen-bond donors (Lipinski definition) is 0. The van der Waals surface area contributed by atoms with Crippen LogP contribution in [-0.2, 0) is 12.3 Å². The fraction of sp³-hybridized carbons (Fsp3) is 0.500. The maximum atomic E-state index is 5.60. The molecule has 11 heavy (non-hydrogen) atoms. The molecule has 0 bridgehead atoms. The van der Waals surface area contributed by atoms with E-state index in [1.54, 1.807) is 0 Å². The minimum Gasteiger partial charge on any atom is -0.237 e. The standard InChI is InChI=1S/C8H11ClN2/c1-3-7-4-6(2)10-8(5-9)11-7/h4H,3,5H2,1-2H3. The fourth-order valence-electron chi connectivity index (χ4n) is 0.941. The van der Waals surface area contributed by atoms with Gasteiger partial charge in [0.25, 0.3) is 0 Å². The smallest absolute Gasteiger partial charge is 0.143 e. The molecule has 0 spiro atoms. The molecule has 1 heterocycles. The summed E-state index contributed by atoms with van der Waals surface area (Å²) in [6.07, 6.45) is 0.938. The molecule has 0 N–H and O–H groups in total. The highest BCUT2D eigenvalue weighted by molar-refractivity contribution is 6.16. The lowest BCUT2D eigenvalue weighted by atomic mass is 10.3. The van der Waals surface area contributed by atoms with Crippen LogP contribution in [0.1, 0.15) is 24.1 Å². The molecule has 0 radical (unpaired) electrons. The predicted octanol–water partition coefficient (Wildman–Crippen LogP) is 2.09. The van der Waals surface area contributed by atoms with Gasteiger partial charge in [-0.1, -0.05) is 6.92 Å². The van der Waals surface area contributed by atoms with E-state index in [2.05, 4.69) is 16.9 Å². The number of nitrogens with zero attached hydrogens (tertiary/aromatic N) is 2. The molecule has 0 fully saturated rings. The van der Waals surface area contributed by atoms with Gasteiger partial charge >= 0.3 is 0 Å². The first-order chi connectivity index (χ1) is 5.26. The van der Waals surface area contributed by atoms with E-state index in [1.807, 2.05) is 13.0 Å². The molecule has 0 aliphatic heterocycles. The fourth-order valence-corrected chi connectivity index (χ4v) is 1.06. The molecule has 3 heteroatoms. The average molecular weight is 171 g/mol. The second-order valence-corrected chi connectivity index (χ2v) is 2.67. The van der Waals surface area contributed by atoms with E-state index < -0.39 is 0 Å². The first-order valence-corrected chi connectivity index (χ1v) is 4.19. The molecule has 0 aromatic carbocycles. The van der Waals surface area contributed by atoms with E-state index in [0.29, 0.717) is 5.88 Å². The number of hydrogen-bond acceptors (Lipinski definition) is 2. The van der Waals surface area contributed by atoms with Crippen molar-refractivity contribution >= 4 is 11.6 Å². The zero-order chi connectivity index (χ0) is 8.27. The van der Waals surface area contributed by atoms with Crippen molar-refractivity contribution in [2.45, 2.75) is 26.1 Å². The molecule has 0 unspecified atom stereocenters. The SMILES string of the molecule is CCc1cc(C)nc(CCl)n1. The molecule has 0 saturated heterocycles. The zero-order valence-electron chi connectivity index (χ0n) is 6.76. The third-order valence-corrected chi connectivity index (χ3v) is 1.67. The van der Waals surface area contributed by atoms with Crippen LogP contribution in [-0.4, -0.2) is 9.97 Å². The molecule has 60 valence electrons. The zero-order valence-corrected chi connectivity index (χ0v) is 7.52. The Morgan fingerprint density at radius 3 is 2.73 bits per heavy atom. The maximum Gasteiger partial charge on any atom is 0.143 e. The van der Waals surface area contributed by atoms with Crippen LogP contribution >= 0.6 is 11.6 Å². The second-order valence-electron chi connectivity index (χ2n) is 2.40. The number of rotatable bonds is 2. The van der Waals surface area contributed by atoms with Gasteiger partial charge in [-0.2, -0.15) is 0 Å². The minimum atomic E-state index is 0.397. The van der Waals surface area contributed by atoms with E-state index >= 15 is 0 Å². The van der Waals surface area contributed by atoms with Gasteiger partial charge in [-0.25, -0.2) is 9.97 Å². The normalized spacial score (nSPS) is 10.1. The Morgan fingerprint density at radius 2 is 2.18 bits per heavy atom. The van der Waals surface area contributed by atoms with Crippen molar-refractivity contribution in [3.05, 3.63) is 23.3 Å². The van der Waals surface area contributed by atoms with Gasteiger partial charge in [0, 0.05) is 11.4 Å². The number of alkyl halides is 1. The third-order valence-electron chi connectivity index (χ3n) is 1.44. The van der Waals surface area contributed by atoms with Gasteiger partial charge in [0.2, 0.25) is 0 Å². The van der Waals surface area contributed by atoms with Crippen molar-refractivity contribution in [2.24, 2.45) is 0 Å². The summed E-state index contributed by atoms with van der Waals surface area (Å²) in [7, 11) is 0. The molecule has 1 rings (SSSR count).